The highest BCUT2D eigenvalue weighted by molar-refractivity contribution is 6.31. The molecular weight excluding hydrogens is 266 g/mol. The molecule has 5 heteroatoms. The van der Waals surface area contributed by atoms with Crippen LogP contribution in [-0.4, -0.2) is 17.6 Å². The number of ether oxygens (including phenoxy) is 1. The lowest BCUT2D eigenvalue weighted by molar-refractivity contribution is 0.0520. The summed E-state index contributed by atoms with van der Waals surface area (Å²) in [6, 6.07) is 4.68. The molecule has 2 aromatic rings. The summed E-state index contributed by atoms with van der Waals surface area (Å²) in [5, 5.41) is 1.10. The Bertz CT molecular complexity index is 691. The van der Waals surface area contributed by atoms with Crippen molar-refractivity contribution in [2.45, 2.75) is 20.3 Å². The van der Waals surface area contributed by atoms with E-state index >= 15 is 0 Å². The molecule has 1 aromatic carbocycles. The van der Waals surface area contributed by atoms with Crippen molar-refractivity contribution < 1.29 is 9.53 Å². The first-order valence-electron chi connectivity index (χ1n) is 6.09. The predicted molar refractivity (Wildman–Crippen MR) is 74.9 cm³/mol. The van der Waals surface area contributed by atoms with Crippen LogP contribution in [0.1, 0.15) is 29.9 Å². The van der Waals surface area contributed by atoms with E-state index in [1.807, 2.05) is 6.92 Å². The van der Waals surface area contributed by atoms with Gasteiger partial charge in [0.05, 0.1) is 12.1 Å². The maximum Gasteiger partial charge on any atom is 0.354 e. The predicted octanol–water partition coefficient (Wildman–Crippen LogP) is 2.92. The molecule has 0 fully saturated rings. The molecule has 0 amide bonds. The molecule has 0 unspecified atom stereocenters. The van der Waals surface area contributed by atoms with Gasteiger partial charge >= 0.3 is 5.97 Å². The summed E-state index contributed by atoms with van der Waals surface area (Å²) in [7, 11) is 0. The number of rotatable bonds is 3. The van der Waals surface area contributed by atoms with Crippen LogP contribution < -0.4 is 5.43 Å². The minimum absolute atomic E-state index is 0.142. The van der Waals surface area contributed by atoms with Gasteiger partial charge in [0.25, 0.3) is 0 Å². The molecule has 4 nitrogen and oxygen atoms in total. The average Bonchev–Trinajstić information content (AvgIpc) is 2.37. The van der Waals surface area contributed by atoms with Crippen LogP contribution in [-0.2, 0) is 11.2 Å². The van der Waals surface area contributed by atoms with Crippen LogP contribution in [0.5, 0.6) is 0 Å². The summed E-state index contributed by atoms with van der Waals surface area (Å²) >= 11 is 6.01. The van der Waals surface area contributed by atoms with E-state index in [2.05, 4.69) is 4.98 Å². The van der Waals surface area contributed by atoms with Gasteiger partial charge in [-0.2, -0.15) is 0 Å². The maximum atomic E-state index is 12.1. The number of pyridine rings is 1. The van der Waals surface area contributed by atoms with Crippen LogP contribution in [0.3, 0.4) is 0 Å². The molecule has 0 saturated carbocycles. The van der Waals surface area contributed by atoms with Gasteiger partial charge in [0.15, 0.2) is 5.43 Å². The number of nitrogens with one attached hydrogen (secondary N) is 1. The molecule has 0 spiro atoms. The number of carbonyl (C=O) groups is 1. The van der Waals surface area contributed by atoms with E-state index in [1.165, 1.54) is 6.07 Å². The third-order valence-corrected chi connectivity index (χ3v) is 3.07. The lowest BCUT2D eigenvalue weighted by Crippen LogP contribution is -2.13. The van der Waals surface area contributed by atoms with Crippen molar-refractivity contribution in [1.82, 2.24) is 4.98 Å². The van der Waals surface area contributed by atoms with Crippen LogP contribution >= 0.6 is 11.6 Å². The number of H-pyrrole nitrogens is 1. The van der Waals surface area contributed by atoms with E-state index in [-0.39, 0.29) is 17.7 Å². The van der Waals surface area contributed by atoms with Crippen molar-refractivity contribution in [1.29, 1.82) is 0 Å². The monoisotopic (exact) mass is 279 g/mol. The molecule has 0 aliphatic heterocycles. The molecule has 0 aliphatic carbocycles. The van der Waals surface area contributed by atoms with E-state index < -0.39 is 5.97 Å². The summed E-state index contributed by atoms with van der Waals surface area (Å²) in [5.41, 5.74) is 1.35. The van der Waals surface area contributed by atoms with Gasteiger partial charge in [0, 0.05) is 16.5 Å². The molecule has 19 heavy (non-hydrogen) atoms. The SMILES string of the molecule is CCOC(=O)c1cc(=O)c2c(CC)cc(Cl)cc2[nH]1. The Morgan fingerprint density at radius 3 is 2.68 bits per heavy atom. The Hall–Kier alpha value is -1.81. The summed E-state index contributed by atoms with van der Waals surface area (Å²) in [6.45, 7) is 3.92. The average molecular weight is 280 g/mol. The molecule has 1 aromatic heterocycles. The van der Waals surface area contributed by atoms with Gasteiger partial charge in [-0.15, -0.1) is 0 Å². The number of fused-ring (bicyclic) bond motifs is 1. The normalized spacial score (nSPS) is 10.7. The van der Waals surface area contributed by atoms with Crippen molar-refractivity contribution in [2.24, 2.45) is 0 Å². The highest BCUT2D eigenvalue weighted by Crippen LogP contribution is 2.21. The van der Waals surface area contributed by atoms with Gasteiger partial charge in [0.2, 0.25) is 0 Å². The van der Waals surface area contributed by atoms with Gasteiger partial charge < -0.3 is 9.72 Å². The van der Waals surface area contributed by atoms with Gasteiger partial charge in [-0.3, -0.25) is 4.79 Å². The van der Waals surface area contributed by atoms with Crippen molar-refractivity contribution in [3.8, 4) is 0 Å². The zero-order valence-electron chi connectivity index (χ0n) is 10.7. The lowest BCUT2D eigenvalue weighted by atomic mass is 10.1. The number of aromatic nitrogens is 1. The summed E-state index contributed by atoms with van der Waals surface area (Å²) in [6.07, 6.45) is 0.693. The summed E-state index contributed by atoms with van der Waals surface area (Å²) in [4.78, 5) is 26.7. The first-order chi connectivity index (χ1) is 9.06. The highest BCUT2D eigenvalue weighted by Gasteiger charge is 2.13. The fourth-order valence-electron chi connectivity index (χ4n) is 2.03. The van der Waals surface area contributed by atoms with Crippen molar-refractivity contribution in [3.63, 3.8) is 0 Å². The van der Waals surface area contributed by atoms with Gasteiger partial charge in [0.1, 0.15) is 5.69 Å². The number of benzene rings is 1. The minimum Gasteiger partial charge on any atom is -0.461 e. The molecule has 0 atom stereocenters. The zero-order chi connectivity index (χ0) is 14.0. The first-order valence-corrected chi connectivity index (χ1v) is 6.47. The van der Waals surface area contributed by atoms with Crippen molar-refractivity contribution in [2.75, 3.05) is 6.61 Å². The van der Waals surface area contributed by atoms with Crippen LogP contribution in [0.25, 0.3) is 10.9 Å². The lowest BCUT2D eigenvalue weighted by Gasteiger charge is -2.07. The number of esters is 1. The van der Waals surface area contributed by atoms with Crippen molar-refractivity contribution in [3.05, 3.63) is 44.7 Å². The molecule has 0 saturated heterocycles. The van der Waals surface area contributed by atoms with Crippen LogP contribution in [0.4, 0.5) is 0 Å². The van der Waals surface area contributed by atoms with E-state index in [1.54, 1.807) is 19.1 Å². The number of carbonyl (C=O) groups excluding carboxylic acids is 1. The van der Waals surface area contributed by atoms with E-state index in [0.717, 1.165) is 5.56 Å². The zero-order valence-corrected chi connectivity index (χ0v) is 11.5. The molecule has 0 aliphatic rings. The van der Waals surface area contributed by atoms with E-state index in [9.17, 15) is 9.59 Å². The Morgan fingerprint density at radius 2 is 2.05 bits per heavy atom. The van der Waals surface area contributed by atoms with Crippen LogP contribution in [0, 0.1) is 0 Å². The highest BCUT2D eigenvalue weighted by atomic mass is 35.5. The van der Waals surface area contributed by atoms with Gasteiger partial charge in [-0.25, -0.2) is 4.79 Å². The largest absolute Gasteiger partial charge is 0.461 e. The number of aryl methyl sites for hydroxylation is 1. The molecule has 0 bridgehead atoms. The smallest absolute Gasteiger partial charge is 0.354 e. The number of halogens is 1. The maximum absolute atomic E-state index is 12.1. The summed E-state index contributed by atoms with van der Waals surface area (Å²) in [5.74, 6) is -0.542. The number of aromatic amines is 1. The second-order valence-corrected chi connectivity index (χ2v) is 4.55. The number of hydrogen-bond acceptors (Lipinski definition) is 3. The van der Waals surface area contributed by atoms with E-state index in [0.29, 0.717) is 22.3 Å². The Balaban J connectivity index is 2.70. The number of hydrogen-bond donors (Lipinski definition) is 1. The summed E-state index contributed by atoms with van der Waals surface area (Å²) < 4.78 is 4.88. The second-order valence-electron chi connectivity index (χ2n) is 4.11. The third kappa shape index (κ3) is 2.63. The molecule has 2 rings (SSSR count). The molecule has 100 valence electrons. The molecule has 1 N–H and O–H groups in total. The van der Waals surface area contributed by atoms with E-state index in [4.69, 9.17) is 16.3 Å². The Labute approximate surface area is 115 Å². The fourth-order valence-corrected chi connectivity index (χ4v) is 2.28. The second kappa shape index (κ2) is 5.45. The van der Waals surface area contributed by atoms with Crippen LogP contribution in [0.15, 0.2) is 23.0 Å². The fraction of sp³-hybridized carbons (Fsp3) is 0.286. The Morgan fingerprint density at radius 1 is 1.32 bits per heavy atom. The third-order valence-electron chi connectivity index (χ3n) is 2.85. The topological polar surface area (TPSA) is 59.2 Å². The molecule has 0 radical (unpaired) electrons. The van der Waals surface area contributed by atoms with Gasteiger partial charge in [-0.05, 0) is 31.0 Å². The quantitative estimate of drug-likeness (QED) is 0.879. The molecular formula is C14H14ClNO3. The van der Waals surface area contributed by atoms with Crippen molar-refractivity contribution >= 4 is 28.5 Å². The first kappa shape index (κ1) is 13.6. The molecule has 1 heterocycles. The Kier molecular flexibility index (Phi) is 3.90. The minimum atomic E-state index is -0.542. The van der Waals surface area contributed by atoms with Gasteiger partial charge in [-0.1, -0.05) is 18.5 Å². The standard InChI is InChI=1S/C14H14ClNO3/c1-3-8-5-9(15)6-10-13(8)12(17)7-11(16-10)14(18)19-4-2/h5-7H,3-4H2,1-2H3,(H,16,17). The van der Waals surface area contributed by atoms with Crippen LogP contribution in [0.2, 0.25) is 5.02 Å².